The average Bonchev–Trinajstić information content (AvgIpc) is 2.45. The molecule has 0 spiro atoms. The van der Waals surface area contributed by atoms with Crippen LogP contribution >= 0.6 is 11.6 Å². The highest BCUT2D eigenvalue weighted by Crippen LogP contribution is 2.12. The maximum absolute atomic E-state index is 12.5. The van der Waals surface area contributed by atoms with Gasteiger partial charge in [0.25, 0.3) is 5.91 Å². The molecule has 1 amide bonds. The first kappa shape index (κ1) is 14.5. The Morgan fingerprint density at radius 1 is 1.20 bits per heavy atom. The standard InChI is InChI=1S/C15H16ClN3O/c1-11(2)19(10-12-6-4-3-5-7-12)15(20)13-8-18-14(16)9-17-13/h3-9,11H,10H2,1-2H3. The fourth-order valence-corrected chi connectivity index (χ4v) is 1.94. The molecule has 0 unspecified atom stereocenters. The van der Waals surface area contributed by atoms with Crippen molar-refractivity contribution in [2.75, 3.05) is 0 Å². The minimum absolute atomic E-state index is 0.0696. The third kappa shape index (κ3) is 3.54. The Balaban J connectivity index is 2.20. The summed E-state index contributed by atoms with van der Waals surface area (Å²) in [5.41, 5.74) is 1.38. The van der Waals surface area contributed by atoms with Crippen molar-refractivity contribution in [3.63, 3.8) is 0 Å². The fourth-order valence-electron chi connectivity index (χ4n) is 1.84. The van der Waals surface area contributed by atoms with Crippen LogP contribution in [0.5, 0.6) is 0 Å². The highest BCUT2D eigenvalue weighted by atomic mass is 35.5. The Hall–Kier alpha value is -1.94. The van der Waals surface area contributed by atoms with Gasteiger partial charge >= 0.3 is 0 Å². The van der Waals surface area contributed by atoms with Gasteiger partial charge in [0.05, 0.1) is 12.4 Å². The predicted octanol–water partition coefficient (Wildman–Crippen LogP) is 3.18. The maximum atomic E-state index is 12.5. The molecule has 2 aromatic rings. The van der Waals surface area contributed by atoms with Crippen molar-refractivity contribution in [2.45, 2.75) is 26.4 Å². The Kier molecular flexibility index (Phi) is 4.69. The van der Waals surface area contributed by atoms with Gasteiger partial charge in [-0.3, -0.25) is 4.79 Å². The zero-order valence-corrected chi connectivity index (χ0v) is 12.2. The van der Waals surface area contributed by atoms with Crippen molar-refractivity contribution in [1.29, 1.82) is 0 Å². The van der Waals surface area contributed by atoms with Crippen LogP contribution in [0.4, 0.5) is 0 Å². The maximum Gasteiger partial charge on any atom is 0.274 e. The molecule has 1 aromatic carbocycles. The van der Waals surface area contributed by atoms with Crippen LogP contribution in [0.15, 0.2) is 42.7 Å². The van der Waals surface area contributed by atoms with Crippen molar-refractivity contribution in [3.8, 4) is 0 Å². The number of carbonyl (C=O) groups is 1. The third-order valence-electron chi connectivity index (χ3n) is 2.92. The lowest BCUT2D eigenvalue weighted by molar-refractivity contribution is 0.0684. The van der Waals surface area contributed by atoms with Crippen molar-refractivity contribution < 1.29 is 4.79 Å². The van der Waals surface area contributed by atoms with E-state index in [-0.39, 0.29) is 17.1 Å². The van der Waals surface area contributed by atoms with Gasteiger partial charge in [0, 0.05) is 12.6 Å². The molecule has 0 saturated heterocycles. The predicted molar refractivity (Wildman–Crippen MR) is 78.5 cm³/mol. The van der Waals surface area contributed by atoms with Crippen LogP contribution < -0.4 is 0 Å². The van der Waals surface area contributed by atoms with Gasteiger partial charge in [-0.05, 0) is 19.4 Å². The zero-order valence-electron chi connectivity index (χ0n) is 11.5. The molecule has 0 fully saturated rings. The largest absolute Gasteiger partial charge is 0.331 e. The highest BCUT2D eigenvalue weighted by Gasteiger charge is 2.20. The van der Waals surface area contributed by atoms with Gasteiger partial charge in [-0.1, -0.05) is 41.9 Å². The highest BCUT2D eigenvalue weighted by molar-refractivity contribution is 6.29. The molecule has 5 heteroatoms. The monoisotopic (exact) mass is 289 g/mol. The van der Waals surface area contributed by atoms with Crippen LogP contribution in [-0.4, -0.2) is 26.8 Å². The number of benzene rings is 1. The van der Waals surface area contributed by atoms with Gasteiger partial charge in [0.1, 0.15) is 10.8 Å². The molecular formula is C15H16ClN3O. The van der Waals surface area contributed by atoms with Crippen molar-refractivity contribution >= 4 is 17.5 Å². The first-order valence-corrected chi connectivity index (χ1v) is 6.78. The molecule has 0 aliphatic carbocycles. The molecule has 20 heavy (non-hydrogen) atoms. The van der Waals surface area contributed by atoms with Crippen molar-refractivity contribution in [1.82, 2.24) is 14.9 Å². The van der Waals surface area contributed by atoms with Gasteiger partial charge in [-0.2, -0.15) is 0 Å². The molecular weight excluding hydrogens is 274 g/mol. The minimum atomic E-state index is -0.145. The number of halogens is 1. The molecule has 0 bridgehead atoms. The lowest BCUT2D eigenvalue weighted by Gasteiger charge is -2.26. The van der Waals surface area contributed by atoms with Crippen molar-refractivity contribution in [3.05, 3.63) is 59.1 Å². The summed E-state index contributed by atoms with van der Waals surface area (Å²) in [6.45, 7) is 4.50. The van der Waals surface area contributed by atoms with Crippen LogP contribution in [0.1, 0.15) is 29.9 Å². The van der Waals surface area contributed by atoms with E-state index in [1.165, 1.54) is 12.4 Å². The van der Waals surface area contributed by atoms with Crippen LogP contribution in [0.3, 0.4) is 0 Å². The number of hydrogen-bond acceptors (Lipinski definition) is 3. The lowest BCUT2D eigenvalue weighted by Crippen LogP contribution is -2.36. The minimum Gasteiger partial charge on any atom is -0.331 e. The van der Waals surface area contributed by atoms with E-state index in [9.17, 15) is 4.79 Å². The van der Waals surface area contributed by atoms with Gasteiger partial charge in [-0.15, -0.1) is 0 Å². The van der Waals surface area contributed by atoms with E-state index in [0.717, 1.165) is 5.56 Å². The molecule has 1 aromatic heterocycles. The van der Waals surface area contributed by atoms with Crippen LogP contribution in [0.2, 0.25) is 5.15 Å². The molecule has 0 saturated carbocycles. The summed E-state index contributed by atoms with van der Waals surface area (Å²) in [4.78, 5) is 22.2. The second-order valence-corrected chi connectivity index (χ2v) is 5.12. The molecule has 0 aliphatic heterocycles. The summed E-state index contributed by atoms with van der Waals surface area (Å²) in [6, 6.07) is 9.93. The SMILES string of the molecule is CC(C)N(Cc1ccccc1)C(=O)c1cnc(Cl)cn1. The smallest absolute Gasteiger partial charge is 0.274 e. The molecule has 2 rings (SSSR count). The molecule has 0 atom stereocenters. The van der Waals surface area contributed by atoms with E-state index in [4.69, 9.17) is 11.6 Å². The number of nitrogens with zero attached hydrogens (tertiary/aromatic N) is 3. The van der Waals surface area contributed by atoms with E-state index in [0.29, 0.717) is 12.2 Å². The molecule has 0 N–H and O–H groups in total. The van der Waals surface area contributed by atoms with E-state index in [1.54, 1.807) is 4.90 Å². The van der Waals surface area contributed by atoms with Crippen molar-refractivity contribution in [2.24, 2.45) is 0 Å². The van der Waals surface area contributed by atoms with Gasteiger partial charge < -0.3 is 4.90 Å². The van der Waals surface area contributed by atoms with Crippen LogP contribution in [-0.2, 0) is 6.54 Å². The zero-order chi connectivity index (χ0) is 14.5. The summed E-state index contributed by atoms with van der Waals surface area (Å²) in [6.07, 6.45) is 2.79. The lowest BCUT2D eigenvalue weighted by atomic mass is 10.2. The Morgan fingerprint density at radius 3 is 2.45 bits per heavy atom. The Bertz CT molecular complexity index is 569. The first-order chi connectivity index (χ1) is 9.58. The molecule has 0 radical (unpaired) electrons. The number of aromatic nitrogens is 2. The quantitative estimate of drug-likeness (QED) is 0.868. The van der Waals surface area contributed by atoms with E-state index in [2.05, 4.69) is 9.97 Å². The number of rotatable bonds is 4. The Labute approximate surface area is 123 Å². The second-order valence-electron chi connectivity index (χ2n) is 4.74. The average molecular weight is 290 g/mol. The summed E-state index contributed by atoms with van der Waals surface area (Å²) in [7, 11) is 0. The summed E-state index contributed by atoms with van der Waals surface area (Å²) < 4.78 is 0. The molecule has 104 valence electrons. The van der Waals surface area contributed by atoms with E-state index >= 15 is 0 Å². The molecule has 4 nitrogen and oxygen atoms in total. The fraction of sp³-hybridized carbons (Fsp3) is 0.267. The Morgan fingerprint density at radius 2 is 1.90 bits per heavy atom. The molecule has 1 heterocycles. The van der Waals surface area contributed by atoms with Gasteiger partial charge in [0.15, 0.2) is 0 Å². The number of hydrogen-bond donors (Lipinski definition) is 0. The van der Waals surface area contributed by atoms with E-state index < -0.39 is 0 Å². The summed E-state index contributed by atoms with van der Waals surface area (Å²) in [5, 5.41) is 0.278. The second kappa shape index (κ2) is 6.48. The first-order valence-electron chi connectivity index (χ1n) is 6.40. The third-order valence-corrected chi connectivity index (χ3v) is 3.11. The normalized spacial score (nSPS) is 10.6. The summed E-state index contributed by atoms with van der Waals surface area (Å²) in [5.74, 6) is -0.145. The van der Waals surface area contributed by atoms with Crippen LogP contribution in [0.25, 0.3) is 0 Å². The summed E-state index contributed by atoms with van der Waals surface area (Å²) >= 11 is 5.69. The van der Waals surface area contributed by atoms with Crippen LogP contribution in [0, 0.1) is 0 Å². The van der Waals surface area contributed by atoms with E-state index in [1.807, 2.05) is 44.2 Å². The molecule has 0 aliphatic rings. The van der Waals surface area contributed by atoms with Gasteiger partial charge in [-0.25, -0.2) is 9.97 Å². The topological polar surface area (TPSA) is 46.1 Å². The number of carbonyl (C=O) groups excluding carboxylic acids is 1. The number of amides is 1. The van der Waals surface area contributed by atoms with Gasteiger partial charge in [0.2, 0.25) is 0 Å².